The third-order valence-corrected chi connectivity index (χ3v) is 2.52. The summed E-state index contributed by atoms with van der Waals surface area (Å²) >= 11 is 0. The first-order valence-corrected chi connectivity index (χ1v) is 3.61. The van der Waals surface area contributed by atoms with E-state index in [0.29, 0.717) is 18.4 Å². The lowest BCUT2D eigenvalue weighted by Crippen LogP contribution is -2.07. The maximum atomic E-state index is 10.5. The first-order chi connectivity index (χ1) is 4.80. The molecule has 0 bridgehead atoms. The highest BCUT2D eigenvalue weighted by molar-refractivity contribution is 5.74. The van der Waals surface area contributed by atoms with Gasteiger partial charge in [-0.2, -0.15) is 0 Å². The van der Waals surface area contributed by atoms with Gasteiger partial charge in [0.25, 0.3) is 0 Å². The Kier molecular flexibility index (Phi) is 1.20. The van der Waals surface area contributed by atoms with Crippen molar-refractivity contribution >= 4 is 5.97 Å². The summed E-state index contributed by atoms with van der Waals surface area (Å²) in [5, 5.41) is 8.63. The Hall–Kier alpha value is -0.570. The van der Waals surface area contributed by atoms with Gasteiger partial charge in [0.15, 0.2) is 0 Å². The Morgan fingerprint density at radius 3 is 2.80 bits per heavy atom. The van der Waals surface area contributed by atoms with E-state index in [9.17, 15) is 4.79 Å². The van der Waals surface area contributed by atoms with Gasteiger partial charge in [-0.25, -0.2) is 0 Å². The molecule has 0 radical (unpaired) electrons. The van der Waals surface area contributed by atoms with Crippen molar-refractivity contribution in [3.63, 3.8) is 0 Å². The van der Waals surface area contributed by atoms with Crippen LogP contribution < -0.4 is 0 Å². The summed E-state index contributed by atoms with van der Waals surface area (Å²) in [6.45, 7) is 1.42. The van der Waals surface area contributed by atoms with Gasteiger partial charge < -0.3 is 9.84 Å². The lowest BCUT2D eigenvalue weighted by atomic mass is 10.2. The highest BCUT2D eigenvalue weighted by atomic mass is 16.5. The van der Waals surface area contributed by atoms with Crippen LogP contribution in [-0.2, 0) is 9.53 Å². The predicted molar refractivity (Wildman–Crippen MR) is 33.5 cm³/mol. The Morgan fingerprint density at radius 2 is 2.30 bits per heavy atom. The average Bonchev–Trinajstić information content (AvgIpc) is 2.60. The second kappa shape index (κ2) is 1.95. The van der Waals surface area contributed by atoms with Crippen molar-refractivity contribution in [2.45, 2.75) is 6.42 Å². The van der Waals surface area contributed by atoms with Gasteiger partial charge in [-0.3, -0.25) is 4.79 Å². The van der Waals surface area contributed by atoms with Crippen LogP contribution in [0.25, 0.3) is 0 Å². The number of carboxylic acids is 1. The summed E-state index contributed by atoms with van der Waals surface area (Å²) in [5.41, 5.74) is 0. The monoisotopic (exact) mass is 142 g/mol. The molecule has 0 amide bonds. The van der Waals surface area contributed by atoms with Crippen LogP contribution in [-0.4, -0.2) is 24.3 Å². The minimum Gasteiger partial charge on any atom is -0.481 e. The summed E-state index contributed by atoms with van der Waals surface area (Å²) in [5.74, 6) is 0.0560. The number of hydrogen-bond acceptors (Lipinski definition) is 2. The van der Waals surface area contributed by atoms with Crippen molar-refractivity contribution in [2.75, 3.05) is 13.2 Å². The Labute approximate surface area is 59.0 Å². The number of carbonyl (C=O) groups is 1. The number of ether oxygens (including phenoxy) is 1. The Bertz CT molecular complexity index is 154. The number of rotatable bonds is 1. The topological polar surface area (TPSA) is 46.5 Å². The minimum absolute atomic E-state index is 0.0810. The lowest BCUT2D eigenvalue weighted by Gasteiger charge is -2.07. The molecule has 1 aliphatic heterocycles. The molecule has 0 aromatic carbocycles. The van der Waals surface area contributed by atoms with Gasteiger partial charge in [0.2, 0.25) is 0 Å². The van der Waals surface area contributed by atoms with Crippen molar-refractivity contribution in [2.24, 2.45) is 17.8 Å². The summed E-state index contributed by atoms with van der Waals surface area (Å²) in [6.07, 6.45) is 0.946. The second-order valence-electron chi connectivity index (χ2n) is 3.06. The third kappa shape index (κ3) is 0.736. The lowest BCUT2D eigenvalue weighted by molar-refractivity contribution is -0.139. The van der Waals surface area contributed by atoms with Gasteiger partial charge in [-0.15, -0.1) is 0 Å². The Morgan fingerprint density at radius 1 is 1.50 bits per heavy atom. The van der Waals surface area contributed by atoms with Crippen LogP contribution in [0.4, 0.5) is 0 Å². The van der Waals surface area contributed by atoms with Crippen LogP contribution in [0.5, 0.6) is 0 Å². The van der Waals surface area contributed by atoms with Crippen LogP contribution in [0.3, 0.4) is 0 Å². The molecule has 1 saturated heterocycles. The van der Waals surface area contributed by atoms with E-state index in [-0.39, 0.29) is 5.92 Å². The van der Waals surface area contributed by atoms with E-state index in [1.54, 1.807) is 0 Å². The van der Waals surface area contributed by atoms with Crippen LogP contribution >= 0.6 is 0 Å². The van der Waals surface area contributed by atoms with E-state index in [1.165, 1.54) is 0 Å². The van der Waals surface area contributed by atoms with Crippen molar-refractivity contribution in [1.82, 2.24) is 0 Å². The fraction of sp³-hybridized carbons (Fsp3) is 0.857. The zero-order valence-electron chi connectivity index (χ0n) is 5.62. The maximum absolute atomic E-state index is 10.5. The van der Waals surface area contributed by atoms with Gasteiger partial charge in [-0.1, -0.05) is 0 Å². The smallest absolute Gasteiger partial charge is 0.307 e. The van der Waals surface area contributed by atoms with E-state index >= 15 is 0 Å². The fourth-order valence-electron chi connectivity index (χ4n) is 1.87. The molecule has 3 atom stereocenters. The molecule has 1 aliphatic carbocycles. The quantitative estimate of drug-likeness (QED) is 0.574. The summed E-state index contributed by atoms with van der Waals surface area (Å²) < 4.78 is 5.14. The molecule has 1 N–H and O–H groups in total. The van der Waals surface area contributed by atoms with Crippen molar-refractivity contribution in [3.8, 4) is 0 Å². The molecular formula is C7H10O3. The van der Waals surface area contributed by atoms with Crippen LogP contribution in [0.2, 0.25) is 0 Å². The van der Waals surface area contributed by atoms with Crippen LogP contribution in [0.15, 0.2) is 0 Å². The van der Waals surface area contributed by atoms with Crippen molar-refractivity contribution in [1.29, 1.82) is 0 Å². The fourth-order valence-corrected chi connectivity index (χ4v) is 1.87. The van der Waals surface area contributed by atoms with E-state index in [0.717, 1.165) is 13.0 Å². The largest absolute Gasteiger partial charge is 0.481 e. The van der Waals surface area contributed by atoms with Crippen molar-refractivity contribution < 1.29 is 14.6 Å². The van der Waals surface area contributed by atoms with Crippen LogP contribution in [0, 0.1) is 17.8 Å². The maximum Gasteiger partial charge on any atom is 0.307 e. The highest BCUT2D eigenvalue weighted by Crippen LogP contribution is 2.50. The first-order valence-electron chi connectivity index (χ1n) is 3.61. The van der Waals surface area contributed by atoms with E-state index in [2.05, 4.69) is 0 Å². The summed E-state index contributed by atoms with van der Waals surface area (Å²) in [4.78, 5) is 10.5. The van der Waals surface area contributed by atoms with E-state index in [4.69, 9.17) is 9.84 Å². The third-order valence-electron chi connectivity index (χ3n) is 2.52. The minimum atomic E-state index is -0.638. The molecular weight excluding hydrogens is 132 g/mol. The van der Waals surface area contributed by atoms with Crippen molar-refractivity contribution in [3.05, 3.63) is 0 Å². The molecule has 3 nitrogen and oxygen atoms in total. The standard InChI is InChI=1S/C7H10O3/c8-7(9)6-4-1-2-10-3-5(4)6/h4-6H,1-3H2,(H,8,9)/t4-,5+,6-/m1/s1. The molecule has 1 saturated carbocycles. The van der Waals surface area contributed by atoms with Gasteiger partial charge in [0, 0.05) is 6.61 Å². The molecule has 3 heteroatoms. The number of carboxylic acid groups (broad SMARTS) is 1. The average molecular weight is 142 g/mol. The molecule has 56 valence electrons. The van der Waals surface area contributed by atoms with Gasteiger partial charge in [0.1, 0.15) is 0 Å². The second-order valence-corrected chi connectivity index (χ2v) is 3.06. The molecule has 2 rings (SSSR count). The van der Waals surface area contributed by atoms with E-state index in [1.807, 2.05) is 0 Å². The van der Waals surface area contributed by atoms with E-state index < -0.39 is 5.97 Å². The Balaban J connectivity index is 1.99. The van der Waals surface area contributed by atoms with Gasteiger partial charge in [0.05, 0.1) is 12.5 Å². The molecule has 2 fully saturated rings. The normalized spacial score (nSPS) is 44.2. The van der Waals surface area contributed by atoms with Crippen LogP contribution in [0.1, 0.15) is 6.42 Å². The predicted octanol–water partition coefficient (Wildman–Crippen LogP) is 0.354. The van der Waals surface area contributed by atoms with Gasteiger partial charge >= 0.3 is 5.97 Å². The summed E-state index contributed by atoms with van der Waals surface area (Å²) in [7, 11) is 0. The molecule has 0 unspecified atom stereocenters. The molecule has 0 aromatic heterocycles. The summed E-state index contributed by atoms with van der Waals surface area (Å²) in [6, 6.07) is 0. The molecule has 1 heterocycles. The SMILES string of the molecule is O=C(O)[C@@H]1[C@@H]2CCOC[C@@H]21. The number of aliphatic carboxylic acids is 1. The zero-order valence-corrected chi connectivity index (χ0v) is 5.62. The molecule has 10 heavy (non-hydrogen) atoms. The number of fused-ring (bicyclic) bond motifs is 1. The molecule has 0 aromatic rings. The molecule has 0 spiro atoms. The zero-order chi connectivity index (χ0) is 7.14. The first kappa shape index (κ1) is 6.16. The molecule has 2 aliphatic rings. The number of hydrogen-bond donors (Lipinski definition) is 1. The van der Waals surface area contributed by atoms with Gasteiger partial charge in [-0.05, 0) is 18.3 Å². The highest BCUT2D eigenvalue weighted by Gasteiger charge is 2.55.